The molecule has 1 heterocycles. The molecule has 0 radical (unpaired) electrons. The van der Waals surface area contributed by atoms with Crippen LogP contribution in [0.1, 0.15) is 32.1 Å². The van der Waals surface area contributed by atoms with Crippen LogP contribution >= 0.6 is 0 Å². The second-order valence-corrected chi connectivity index (χ2v) is 5.43. The van der Waals surface area contributed by atoms with Gasteiger partial charge in [0, 0.05) is 12.1 Å². The average molecular weight is 273 g/mol. The Morgan fingerprint density at radius 1 is 1.10 bits per heavy atom. The normalized spacial score (nSPS) is 22.8. The molecule has 1 aliphatic heterocycles. The number of nitrogens with one attached hydrogen (secondary N) is 1. The molecule has 0 aromatic carbocycles. The van der Waals surface area contributed by atoms with Crippen molar-refractivity contribution in [3.8, 4) is 0 Å². The number of hydrogen-bond acceptors (Lipinski definition) is 2. The van der Waals surface area contributed by atoms with Gasteiger partial charge in [-0.1, -0.05) is 30.4 Å². The Balaban J connectivity index is 3.01. The highest BCUT2D eigenvalue weighted by molar-refractivity contribution is 5.26. The molecule has 0 unspecified atom stereocenters. The van der Waals surface area contributed by atoms with Crippen molar-refractivity contribution < 1.29 is 5.11 Å². The minimum Gasteiger partial charge on any atom is -0.385 e. The number of aliphatic hydroxyl groups is 1. The number of rotatable bonds is 9. The van der Waals surface area contributed by atoms with E-state index in [1.807, 2.05) is 12.2 Å². The van der Waals surface area contributed by atoms with Crippen LogP contribution in [-0.2, 0) is 0 Å². The van der Waals surface area contributed by atoms with E-state index in [0.717, 1.165) is 24.8 Å². The van der Waals surface area contributed by atoms with Gasteiger partial charge >= 0.3 is 0 Å². The van der Waals surface area contributed by atoms with Crippen molar-refractivity contribution >= 4 is 0 Å². The van der Waals surface area contributed by atoms with E-state index in [1.165, 1.54) is 0 Å². The lowest BCUT2D eigenvalue weighted by Crippen LogP contribution is -2.45. The molecule has 0 fully saturated rings. The molecule has 0 saturated carbocycles. The quantitative estimate of drug-likeness (QED) is 0.628. The third-order valence-electron chi connectivity index (χ3n) is 3.75. The second kappa shape index (κ2) is 8.03. The summed E-state index contributed by atoms with van der Waals surface area (Å²) in [6.07, 6.45) is 13.2. The first kappa shape index (κ1) is 16.7. The summed E-state index contributed by atoms with van der Waals surface area (Å²) >= 11 is 0. The lowest BCUT2D eigenvalue weighted by atomic mass is 9.79. The van der Waals surface area contributed by atoms with E-state index in [4.69, 9.17) is 0 Å². The van der Waals surface area contributed by atoms with Crippen LogP contribution in [0.15, 0.2) is 62.3 Å². The van der Waals surface area contributed by atoms with Crippen molar-refractivity contribution in [3.05, 3.63) is 62.3 Å². The highest BCUT2D eigenvalue weighted by Gasteiger charge is 2.33. The fourth-order valence-electron chi connectivity index (χ4n) is 2.82. The summed E-state index contributed by atoms with van der Waals surface area (Å²) in [5.74, 6) is 0. The SMILES string of the molecule is C=CC[C@H]1CC(C(O)(CC=C)CC=C)=C[C@H](CC=C)N1. The third-order valence-corrected chi connectivity index (χ3v) is 3.75. The van der Waals surface area contributed by atoms with Gasteiger partial charge in [0.1, 0.15) is 0 Å². The van der Waals surface area contributed by atoms with Crippen LogP contribution < -0.4 is 5.32 Å². The van der Waals surface area contributed by atoms with Crippen molar-refractivity contribution in [2.75, 3.05) is 0 Å². The Bertz CT molecular complexity index is 384. The van der Waals surface area contributed by atoms with Crippen molar-refractivity contribution in [2.45, 2.75) is 49.8 Å². The molecule has 2 heteroatoms. The highest BCUT2D eigenvalue weighted by Crippen LogP contribution is 2.33. The third kappa shape index (κ3) is 4.32. The van der Waals surface area contributed by atoms with Crippen LogP contribution in [0.3, 0.4) is 0 Å². The zero-order valence-corrected chi connectivity index (χ0v) is 12.4. The Morgan fingerprint density at radius 3 is 2.20 bits per heavy atom. The van der Waals surface area contributed by atoms with Crippen LogP contribution in [0.25, 0.3) is 0 Å². The van der Waals surface area contributed by atoms with Gasteiger partial charge in [0.25, 0.3) is 0 Å². The van der Waals surface area contributed by atoms with Crippen molar-refractivity contribution in [3.63, 3.8) is 0 Å². The lowest BCUT2D eigenvalue weighted by molar-refractivity contribution is 0.0764. The fourth-order valence-corrected chi connectivity index (χ4v) is 2.82. The minimum absolute atomic E-state index is 0.224. The van der Waals surface area contributed by atoms with Gasteiger partial charge in [-0.15, -0.1) is 26.3 Å². The van der Waals surface area contributed by atoms with Crippen LogP contribution in [0, 0.1) is 0 Å². The van der Waals surface area contributed by atoms with Gasteiger partial charge in [-0.3, -0.25) is 0 Å². The molecule has 1 aliphatic rings. The lowest BCUT2D eigenvalue weighted by Gasteiger charge is -2.37. The molecule has 0 saturated heterocycles. The van der Waals surface area contributed by atoms with Gasteiger partial charge in [0.05, 0.1) is 5.60 Å². The van der Waals surface area contributed by atoms with Crippen molar-refractivity contribution in [2.24, 2.45) is 0 Å². The van der Waals surface area contributed by atoms with Crippen LogP contribution in [0.2, 0.25) is 0 Å². The molecule has 2 atom stereocenters. The topological polar surface area (TPSA) is 32.3 Å². The molecule has 0 spiro atoms. The standard InChI is InChI=1S/C18H27NO/c1-5-9-16-13-15(14-17(19-16)10-6-2)18(20,11-7-3)12-8-4/h5-8,13,16-17,19-20H,1-4,9-12,14H2/t16-,17-/m0/s1. The Kier molecular flexibility index (Phi) is 6.69. The zero-order valence-electron chi connectivity index (χ0n) is 12.4. The van der Waals surface area contributed by atoms with E-state index in [9.17, 15) is 5.11 Å². The predicted octanol–water partition coefficient (Wildman–Crippen LogP) is 3.68. The molecule has 110 valence electrons. The van der Waals surface area contributed by atoms with Gasteiger partial charge in [-0.25, -0.2) is 0 Å². The molecule has 2 N–H and O–H groups in total. The molecular weight excluding hydrogens is 246 g/mol. The van der Waals surface area contributed by atoms with Gasteiger partial charge in [0.15, 0.2) is 0 Å². The van der Waals surface area contributed by atoms with Crippen LogP contribution in [-0.4, -0.2) is 22.8 Å². The first-order chi connectivity index (χ1) is 9.59. The average Bonchev–Trinajstić information content (AvgIpc) is 2.40. The molecule has 0 amide bonds. The second-order valence-electron chi connectivity index (χ2n) is 5.43. The largest absolute Gasteiger partial charge is 0.385 e. The Labute approximate surface area is 123 Å². The summed E-state index contributed by atoms with van der Waals surface area (Å²) in [6.45, 7) is 15.1. The van der Waals surface area contributed by atoms with Gasteiger partial charge in [-0.05, 0) is 37.7 Å². The molecule has 2 nitrogen and oxygen atoms in total. The fraction of sp³-hybridized carbons (Fsp3) is 0.444. The summed E-state index contributed by atoms with van der Waals surface area (Å²) in [6, 6.07) is 0.543. The Hall–Kier alpha value is -1.38. The maximum atomic E-state index is 10.9. The van der Waals surface area contributed by atoms with Gasteiger partial charge in [0.2, 0.25) is 0 Å². The van der Waals surface area contributed by atoms with E-state index in [-0.39, 0.29) is 6.04 Å². The van der Waals surface area contributed by atoms with E-state index in [0.29, 0.717) is 18.9 Å². The maximum Gasteiger partial charge on any atom is 0.0926 e. The minimum atomic E-state index is -0.857. The summed E-state index contributed by atoms with van der Waals surface area (Å²) in [5, 5.41) is 14.5. The molecule has 0 aromatic heterocycles. The zero-order chi connectivity index (χ0) is 15.0. The molecule has 1 rings (SSSR count). The summed E-state index contributed by atoms with van der Waals surface area (Å²) in [5.41, 5.74) is 0.222. The molecule has 20 heavy (non-hydrogen) atoms. The molecule has 0 aromatic rings. The maximum absolute atomic E-state index is 10.9. The molecule has 0 aliphatic carbocycles. The van der Waals surface area contributed by atoms with E-state index < -0.39 is 5.60 Å². The van der Waals surface area contributed by atoms with Crippen molar-refractivity contribution in [1.82, 2.24) is 5.32 Å². The Morgan fingerprint density at radius 2 is 1.70 bits per heavy atom. The molecular formula is C18H27NO. The first-order valence-corrected chi connectivity index (χ1v) is 7.22. The highest BCUT2D eigenvalue weighted by atomic mass is 16.3. The van der Waals surface area contributed by atoms with E-state index >= 15 is 0 Å². The summed E-state index contributed by atoms with van der Waals surface area (Å²) < 4.78 is 0. The first-order valence-electron chi connectivity index (χ1n) is 7.22. The summed E-state index contributed by atoms with van der Waals surface area (Å²) in [7, 11) is 0. The molecule has 0 bridgehead atoms. The summed E-state index contributed by atoms with van der Waals surface area (Å²) in [4.78, 5) is 0. The van der Waals surface area contributed by atoms with E-state index in [2.05, 4.69) is 37.7 Å². The van der Waals surface area contributed by atoms with Gasteiger partial charge < -0.3 is 10.4 Å². The number of hydrogen-bond donors (Lipinski definition) is 2. The van der Waals surface area contributed by atoms with Crippen molar-refractivity contribution in [1.29, 1.82) is 0 Å². The monoisotopic (exact) mass is 273 g/mol. The van der Waals surface area contributed by atoms with Gasteiger partial charge in [-0.2, -0.15) is 0 Å². The van der Waals surface area contributed by atoms with Crippen LogP contribution in [0.4, 0.5) is 0 Å². The predicted molar refractivity (Wildman–Crippen MR) is 87.6 cm³/mol. The smallest absolute Gasteiger partial charge is 0.0926 e. The van der Waals surface area contributed by atoms with E-state index in [1.54, 1.807) is 12.2 Å². The van der Waals surface area contributed by atoms with Crippen LogP contribution in [0.5, 0.6) is 0 Å².